The van der Waals surface area contributed by atoms with Crippen LogP contribution in [0.3, 0.4) is 0 Å². The Bertz CT molecular complexity index is 771. The number of hydrogen-bond donors (Lipinski definition) is 1. The molecule has 1 heterocycles. The molecule has 1 aromatic rings. The molecule has 1 aliphatic carbocycles. The number of alkyl halides is 3. The van der Waals surface area contributed by atoms with Gasteiger partial charge in [0.2, 0.25) is 5.91 Å². The molecule has 0 fully saturated rings. The number of primary amides is 1. The van der Waals surface area contributed by atoms with Crippen LogP contribution >= 0.6 is 11.6 Å². The van der Waals surface area contributed by atoms with Gasteiger partial charge in [0.1, 0.15) is 0 Å². The maximum atomic E-state index is 13.1. The van der Waals surface area contributed by atoms with Crippen LogP contribution in [0.2, 0.25) is 5.02 Å². The number of nitrogens with zero attached hydrogens (tertiary/aromatic N) is 1. The van der Waals surface area contributed by atoms with Crippen LogP contribution in [0.4, 0.5) is 13.2 Å². The van der Waals surface area contributed by atoms with E-state index < -0.39 is 17.6 Å². The van der Waals surface area contributed by atoms with Crippen molar-refractivity contribution in [1.82, 2.24) is 4.90 Å². The molecule has 0 aromatic heterocycles. The lowest BCUT2D eigenvalue weighted by Crippen LogP contribution is -2.39. The molecule has 140 valence electrons. The van der Waals surface area contributed by atoms with Gasteiger partial charge in [0, 0.05) is 12.2 Å². The smallest absolute Gasteiger partial charge is 0.370 e. The third kappa shape index (κ3) is 3.90. The molecule has 7 heteroatoms. The summed E-state index contributed by atoms with van der Waals surface area (Å²) in [6.45, 7) is 0.212. The van der Waals surface area contributed by atoms with Gasteiger partial charge in [-0.25, -0.2) is 0 Å². The third-order valence-electron chi connectivity index (χ3n) is 4.88. The monoisotopic (exact) mass is 384 g/mol. The lowest BCUT2D eigenvalue weighted by molar-refractivity contribution is -0.137. The number of benzene rings is 1. The highest BCUT2D eigenvalue weighted by molar-refractivity contribution is 6.32. The molecule has 0 bridgehead atoms. The second-order valence-corrected chi connectivity index (χ2v) is 7.06. The van der Waals surface area contributed by atoms with E-state index in [0.29, 0.717) is 5.56 Å². The second-order valence-electron chi connectivity index (χ2n) is 6.68. The number of halogens is 4. The number of carbonyl (C=O) groups excluding carboxylic acids is 1. The predicted molar refractivity (Wildman–Crippen MR) is 94.2 cm³/mol. The van der Waals surface area contributed by atoms with E-state index in [9.17, 15) is 18.0 Å². The molecule has 1 unspecified atom stereocenters. The molecular formula is C19H20ClF3N2O. The summed E-state index contributed by atoms with van der Waals surface area (Å²) in [7, 11) is 0. The summed E-state index contributed by atoms with van der Waals surface area (Å²) >= 11 is 6.07. The van der Waals surface area contributed by atoms with Crippen LogP contribution in [0.15, 0.2) is 41.6 Å². The standard InChI is InChI=1S/C19H20ClF3N2O/c20-18-13(5-3-6-15(18)19(21,22)23)11-25-14(10-17(24)26)9-8-12-4-1-2-7-16(12)25/h3,5-6,8-9,14H,1-2,4,7,10-11H2,(H2,24,26). The Morgan fingerprint density at radius 3 is 2.69 bits per heavy atom. The van der Waals surface area contributed by atoms with Gasteiger partial charge >= 0.3 is 6.18 Å². The topological polar surface area (TPSA) is 46.3 Å². The summed E-state index contributed by atoms with van der Waals surface area (Å²) in [5, 5.41) is -0.287. The SMILES string of the molecule is NC(=O)CC1C=CC2=C(CCCC2)N1Cc1cccc(C(F)(F)F)c1Cl. The first-order chi connectivity index (χ1) is 12.3. The summed E-state index contributed by atoms with van der Waals surface area (Å²) in [5.41, 5.74) is 7.18. The molecular weight excluding hydrogens is 365 g/mol. The van der Waals surface area contributed by atoms with Gasteiger partial charge in [0.15, 0.2) is 0 Å². The zero-order valence-electron chi connectivity index (χ0n) is 14.2. The first-order valence-electron chi connectivity index (χ1n) is 8.57. The maximum Gasteiger partial charge on any atom is 0.417 e. The zero-order chi connectivity index (χ0) is 18.9. The first kappa shape index (κ1) is 18.8. The van der Waals surface area contributed by atoms with Crippen molar-refractivity contribution in [2.45, 2.75) is 50.9 Å². The summed E-state index contributed by atoms with van der Waals surface area (Å²) < 4.78 is 39.4. The van der Waals surface area contributed by atoms with Gasteiger partial charge < -0.3 is 10.6 Å². The fourth-order valence-corrected chi connectivity index (χ4v) is 3.95. The van der Waals surface area contributed by atoms with E-state index in [-0.39, 0.29) is 24.0 Å². The van der Waals surface area contributed by atoms with Crippen LogP contribution < -0.4 is 5.73 Å². The van der Waals surface area contributed by atoms with Crippen molar-refractivity contribution in [2.24, 2.45) is 5.73 Å². The Kier molecular flexibility index (Phi) is 5.32. The van der Waals surface area contributed by atoms with E-state index in [1.165, 1.54) is 11.6 Å². The van der Waals surface area contributed by atoms with E-state index >= 15 is 0 Å². The van der Waals surface area contributed by atoms with E-state index in [1.54, 1.807) is 6.07 Å². The average molecular weight is 385 g/mol. The normalized spacial score (nSPS) is 20.3. The van der Waals surface area contributed by atoms with Gasteiger partial charge in [-0.2, -0.15) is 13.2 Å². The van der Waals surface area contributed by atoms with E-state index in [1.807, 2.05) is 17.1 Å². The van der Waals surface area contributed by atoms with Crippen LogP contribution in [-0.2, 0) is 17.5 Å². The predicted octanol–water partition coefficient (Wildman–Crippen LogP) is 4.80. The van der Waals surface area contributed by atoms with Crippen molar-refractivity contribution in [1.29, 1.82) is 0 Å². The van der Waals surface area contributed by atoms with Crippen LogP contribution in [0.25, 0.3) is 0 Å². The molecule has 1 aliphatic heterocycles. The number of hydrogen-bond acceptors (Lipinski definition) is 2. The van der Waals surface area contributed by atoms with Gasteiger partial charge in [-0.3, -0.25) is 4.79 Å². The first-order valence-corrected chi connectivity index (χ1v) is 8.95. The lowest BCUT2D eigenvalue weighted by Gasteiger charge is -2.39. The number of amides is 1. The Balaban J connectivity index is 1.96. The average Bonchev–Trinajstić information content (AvgIpc) is 2.57. The van der Waals surface area contributed by atoms with Gasteiger partial charge in [0.25, 0.3) is 0 Å². The maximum absolute atomic E-state index is 13.1. The molecule has 0 saturated heterocycles. The Hall–Kier alpha value is -1.95. The molecule has 1 atom stereocenters. The minimum atomic E-state index is -4.50. The molecule has 1 aromatic carbocycles. The number of rotatable bonds is 4. The third-order valence-corrected chi connectivity index (χ3v) is 5.33. The van der Waals surface area contributed by atoms with Crippen LogP contribution in [0.5, 0.6) is 0 Å². The highest BCUT2D eigenvalue weighted by Crippen LogP contribution is 2.39. The van der Waals surface area contributed by atoms with Crippen molar-refractivity contribution in [2.75, 3.05) is 0 Å². The Labute approximate surface area is 155 Å². The fourth-order valence-electron chi connectivity index (χ4n) is 3.65. The van der Waals surface area contributed by atoms with Crippen molar-refractivity contribution in [3.05, 3.63) is 57.8 Å². The minimum absolute atomic E-state index is 0.115. The van der Waals surface area contributed by atoms with Crippen molar-refractivity contribution in [3.8, 4) is 0 Å². The minimum Gasteiger partial charge on any atom is -0.370 e. The molecule has 0 spiro atoms. The van der Waals surface area contributed by atoms with Crippen LogP contribution in [0.1, 0.15) is 43.2 Å². The molecule has 0 saturated carbocycles. The quantitative estimate of drug-likeness (QED) is 0.810. The summed E-state index contributed by atoms with van der Waals surface area (Å²) in [5.74, 6) is -0.445. The Morgan fingerprint density at radius 1 is 1.27 bits per heavy atom. The van der Waals surface area contributed by atoms with Crippen molar-refractivity contribution in [3.63, 3.8) is 0 Å². The summed E-state index contributed by atoms with van der Waals surface area (Å²) in [6, 6.07) is 3.67. The molecule has 2 aliphatic rings. The van der Waals surface area contributed by atoms with Crippen LogP contribution in [-0.4, -0.2) is 16.8 Å². The lowest BCUT2D eigenvalue weighted by atomic mass is 9.89. The number of allylic oxidation sites excluding steroid dienone is 3. The van der Waals surface area contributed by atoms with Gasteiger partial charge in [0.05, 0.1) is 23.0 Å². The molecule has 26 heavy (non-hydrogen) atoms. The Morgan fingerprint density at radius 2 is 2.00 bits per heavy atom. The van der Waals surface area contributed by atoms with E-state index in [4.69, 9.17) is 17.3 Å². The van der Waals surface area contributed by atoms with Crippen molar-refractivity contribution >= 4 is 17.5 Å². The van der Waals surface area contributed by atoms with E-state index in [2.05, 4.69) is 0 Å². The zero-order valence-corrected chi connectivity index (χ0v) is 14.9. The van der Waals surface area contributed by atoms with Crippen LogP contribution in [0, 0.1) is 0 Å². The highest BCUT2D eigenvalue weighted by Gasteiger charge is 2.35. The van der Waals surface area contributed by atoms with Gasteiger partial charge in [-0.15, -0.1) is 0 Å². The highest BCUT2D eigenvalue weighted by atomic mass is 35.5. The van der Waals surface area contributed by atoms with Crippen molar-refractivity contribution < 1.29 is 18.0 Å². The summed E-state index contributed by atoms with van der Waals surface area (Å²) in [6.07, 6.45) is 3.42. The summed E-state index contributed by atoms with van der Waals surface area (Å²) in [4.78, 5) is 13.4. The molecule has 1 amide bonds. The number of nitrogens with two attached hydrogens (primary N) is 1. The largest absolute Gasteiger partial charge is 0.417 e. The number of carbonyl (C=O) groups is 1. The molecule has 3 rings (SSSR count). The van der Waals surface area contributed by atoms with E-state index in [0.717, 1.165) is 37.4 Å². The molecule has 3 nitrogen and oxygen atoms in total. The molecule has 2 N–H and O–H groups in total. The second kappa shape index (κ2) is 7.35. The van der Waals surface area contributed by atoms with Gasteiger partial charge in [-0.1, -0.05) is 35.9 Å². The fraction of sp³-hybridized carbons (Fsp3) is 0.421. The molecule has 0 radical (unpaired) electrons. The van der Waals surface area contributed by atoms with Gasteiger partial charge in [-0.05, 0) is 42.9 Å².